The monoisotopic (exact) mass is 650 g/mol. The van der Waals surface area contributed by atoms with Crippen molar-refractivity contribution in [3.63, 3.8) is 0 Å². The summed E-state index contributed by atoms with van der Waals surface area (Å²) in [6.07, 6.45) is 1.88. The average Bonchev–Trinajstić information content (AvgIpc) is 3.84. The molecule has 0 saturated heterocycles. The van der Waals surface area contributed by atoms with E-state index in [2.05, 4.69) is 184 Å². The average molecular weight is 651 g/mol. The molecule has 4 heteroatoms. The van der Waals surface area contributed by atoms with Crippen molar-refractivity contribution in [1.82, 2.24) is 18.7 Å². The van der Waals surface area contributed by atoms with Gasteiger partial charge in [-0.05, 0) is 83.9 Å². The number of nitrogens with zero attached hydrogens (tertiary/aromatic N) is 4. The number of para-hydroxylation sites is 3. The van der Waals surface area contributed by atoms with Crippen LogP contribution < -0.4 is 0 Å². The first-order chi connectivity index (χ1) is 25.3. The van der Waals surface area contributed by atoms with Crippen LogP contribution in [0.2, 0.25) is 0 Å². The molecule has 0 bridgehead atoms. The molecule has 51 heavy (non-hydrogen) atoms. The number of aromatic nitrogens is 4. The van der Waals surface area contributed by atoms with Gasteiger partial charge in [0, 0.05) is 55.6 Å². The second-order valence-electron chi connectivity index (χ2n) is 13.2. The maximum Gasteiger partial charge on any atom is 0.145 e. The van der Waals surface area contributed by atoms with E-state index in [0.717, 1.165) is 33.6 Å². The second-order valence-corrected chi connectivity index (χ2v) is 13.2. The van der Waals surface area contributed by atoms with Crippen molar-refractivity contribution >= 4 is 65.5 Å². The lowest BCUT2D eigenvalue weighted by molar-refractivity contribution is 1.11. The quantitative estimate of drug-likeness (QED) is 0.186. The molecule has 0 unspecified atom stereocenters. The predicted octanol–water partition coefficient (Wildman–Crippen LogP) is 12.0. The number of hydrogen-bond donors (Lipinski definition) is 0. The molecule has 7 aromatic carbocycles. The molecule has 0 N–H and O–H groups in total. The first-order valence-corrected chi connectivity index (χ1v) is 17.4. The lowest BCUT2D eigenvalue weighted by atomic mass is 10.1. The van der Waals surface area contributed by atoms with Gasteiger partial charge in [-0.25, -0.2) is 4.98 Å². The highest BCUT2D eigenvalue weighted by Crippen LogP contribution is 2.43. The van der Waals surface area contributed by atoms with Crippen LogP contribution in [0.4, 0.5) is 0 Å². The van der Waals surface area contributed by atoms with Gasteiger partial charge in [0.25, 0.3) is 0 Å². The maximum atomic E-state index is 4.85. The van der Waals surface area contributed by atoms with Crippen LogP contribution in [-0.2, 0) is 0 Å². The van der Waals surface area contributed by atoms with Crippen LogP contribution in [-0.4, -0.2) is 18.7 Å². The molecule has 0 aliphatic carbocycles. The minimum atomic E-state index is 0.962. The molecular weight excluding hydrogens is 621 g/mol. The molecule has 0 fully saturated rings. The second kappa shape index (κ2) is 10.8. The zero-order valence-electron chi connectivity index (χ0n) is 27.6. The van der Waals surface area contributed by atoms with Crippen LogP contribution in [0.25, 0.3) is 93.7 Å². The molecule has 4 nitrogen and oxygen atoms in total. The normalized spacial score (nSPS) is 11.9. The van der Waals surface area contributed by atoms with E-state index < -0.39 is 0 Å². The van der Waals surface area contributed by atoms with Gasteiger partial charge in [-0.3, -0.25) is 4.57 Å². The third-order valence-electron chi connectivity index (χ3n) is 10.5. The van der Waals surface area contributed by atoms with E-state index in [4.69, 9.17) is 4.98 Å². The highest BCUT2D eigenvalue weighted by atomic mass is 15.1. The van der Waals surface area contributed by atoms with E-state index in [1.807, 2.05) is 12.3 Å². The van der Waals surface area contributed by atoms with Crippen molar-refractivity contribution in [3.8, 4) is 28.2 Å². The summed E-state index contributed by atoms with van der Waals surface area (Å²) in [5.41, 5.74) is 12.7. The zero-order chi connectivity index (χ0) is 33.5. The molecule has 4 aromatic heterocycles. The molecule has 0 aliphatic rings. The van der Waals surface area contributed by atoms with Crippen LogP contribution in [0.5, 0.6) is 0 Å². The Morgan fingerprint density at radius 3 is 1.49 bits per heavy atom. The summed E-state index contributed by atoms with van der Waals surface area (Å²) in [6, 6.07) is 63.4. The van der Waals surface area contributed by atoms with Gasteiger partial charge in [0.15, 0.2) is 0 Å². The van der Waals surface area contributed by atoms with E-state index in [0.29, 0.717) is 0 Å². The summed E-state index contributed by atoms with van der Waals surface area (Å²) in [4.78, 5) is 4.85. The topological polar surface area (TPSA) is 27.7 Å². The highest BCUT2D eigenvalue weighted by Gasteiger charge is 2.21. The van der Waals surface area contributed by atoms with Crippen molar-refractivity contribution in [3.05, 3.63) is 182 Å². The van der Waals surface area contributed by atoms with E-state index >= 15 is 0 Å². The lowest BCUT2D eigenvalue weighted by Gasteiger charge is -2.12. The summed E-state index contributed by atoms with van der Waals surface area (Å²) in [5.74, 6) is 0. The third-order valence-corrected chi connectivity index (χ3v) is 10.5. The number of benzene rings is 7. The van der Waals surface area contributed by atoms with E-state index in [9.17, 15) is 0 Å². The number of fused-ring (bicyclic) bond motifs is 10. The maximum absolute atomic E-state index is 4.85. The Balaban J connectivity index is 1.16. The summed E-state index contributed by atoms with van der Waals surface area (Å²) in [5, 5.41) is 7.39. The zero-order valence-corrected chi connectivity index (χ0v) is 27.6. The van der Waals surface area contributed by atoms with Crippen LogP contribution in [0, 0.1) is 0 Å². The van der Waals surface area contributed by atoms with Gasteiger partial charge < -0.3 is 9.13 Å². The van der Waals surface area contributed by atoms with Crippen molar-refractivity contribution < 1.29 is 0 Å². The minimum Gasteiger partial charge on any atom is -0.309 e. The third kappa shape index (κ3) is 4.05. The largest absolute Gasteiger partial charge is 0.309 e. The summed E-state index contributed by atoms with van der Waals surface area (Å²) in [6.45, 7) is 0. The number of rotatable bonds is 4. The number of hydrogen-bond acceptors (Lipinski definition) is 1. The van der Waals surface area contributed by atoms with Crippen LogP contribution in [0.15, 0.2) is 182 Å². The Morgan fingerprint density at radius 1 is 0.314 bits per heavy atom. The van der Waals surface area contributed by atoms with Gasteiger partial charge in [0.1, 0.15) is 5.65 Å². The molecule has 0 atom stereocenters. The standard InChI is InChI=1S/C47H30N4/c1-2-12-31(13-3-1)32-23-25-33(26-24-32)49-41-21-8-5-17-38(41)45-43(49)27-28-44-46(45)39-18-6-9-22-42(39)50(44)34-14-10-15-35(30-34)51-40-20-7-4-16-36(40)37-19-11-29-48-47(37)51/h1-30H. The van der Waals surface area contributed by atoms with Gasteiger partial charge in [-0.1, -0.05) is 103 Å². The molecule has 0 spiro atoms. The van der Waals surface area contributed by atoms with Gasteiger partial charge in [-0.15, -0.1) is 0 Å². The van der Waals surface area contributed by atoms with Gasteiger partial charge in [0.2, 0.25) is 0 Å². The van der Waals surface area contributed by atoms with Gasteiger partial charge >= 0.3 is 0 Å². The fourth-order valence-corrected chi connectivity index (χ4v) is 8.34. The predicted molar refractivity (Wildman–Crippen MR) is 213 cm³/mol. The highest BCUT2D eigenvalue weighted by molar-refractivity contribution is 6.29. The van der Waals surface area contributed by atoms with E-state index in [1.54, 1.807) is 0 Å². The first kappa shape index (κ1) is 28.0. The fraction of sp³-hybridized carbons (Fsp3) is 0. The molecule has 238 valence electrons. The first-order valence-electron chi connectivity index (χ1n) is 17.4. The van der Waals surface area contributed by atoms with Gasteiger partial charge in [0.05, 0.1) is 27.6 Å². The Morgan fingerprint density at radius 2 is 0.824 bits per heavy atom. The Kier molecular flexibility index (Phi) is 5.92. The van der Waals surface area contributed by atoms with Crippen LogP contribution in [0.1, 0.15) is 0 Å². The van der Waals surface area contributed by atoms with Crippen molar-refractivity contribution in [2.24, 2.45) is 0 Å². The molecule has 0 radical (unpaired) electrons. The van der Waals surface area contributed by atoms with Gasteiger partial charge in [-0.2, -0.15) is 0 Å². The van der Waals surface area contributed by atoms with Crippen LogP contribution >= 0.6 is 0 Å². The molecule has 0 aliphatic heterocycles. The summed E-state index contributed by atoms with van der Waals surface area (Å²) < 4.78 is 7.13. The van der Waals surface area contributed by atoms with E-state index in [-0.39, 0.29) is 0 Å². The Labute approximate surface area is 293 Å². The van der Waals surface area contributed by atoms with Crippen molar-refractivity contribution in [2.75, 3.05) is 0 Å². The SMILES string of the molecule is c1ccc(-c2ccc(-n3c4ccccc4c4c5c6ccccc6n(-c6cccc(-n7c8ccccc8c8cccnc87)c6)c5ccc43)cc2)cc1. The summed E-state index contributed by atoms with van der Waals surface area (Å²) >= 11 is 0. The summed E-state index contributed by atoms with van der Waals surface area (Å²) in [7, 11) is 0. The Hall–Kier alpha value is -6.91. The van der Waals surface area contributed by atoms with Crippen molar-refractivity contribution in [2.45, 2.75) is 0 Å². The smallest absolute Gasteiger partial charge is 0.145 e. The Bertz CT molecular complexity index is 3070. The molecule has 11 rings (SSSR count). The molecule has 0 saturated carbocycles. The molecule has 11 aromatic rings. The van der Waals surface area contributed by atoms with Crippen molar-refractivity contribution in [1.29, 1.82) is 0 Å². The molecule has 4 heterocycles. The fourth-order valence-electron chi connectivity index (χ4n) is 8.34. The minimum absolute atomic E-state index is 0.962. The molecule has 0 amide bonds. The van der Waals surface area contributed by atoms with E-state index in [1.165, 1.54) is 60.1 Å². The van der Waals surface area contributed by atoms with Crippen LogP contribution in [0.3, 0.4) is 0 Å². The number of pyridine rings is 1. The molecular formula is C47H30N4. The lowest BCUT2D eigenvalue weighted by Crippen LogP contribution is -1.99.